The van der Waals surface area contributed by atoms with Crippen LogP contribution in [0.1, 0.15) is 31.9 Å². The second-order valence-electron chi connectivity index (χ2n) is 5.87. The van der Waals surface area contributed by atoms with E-state index in [9.17, 15) is 9.18 Å². The number of nitrogens with zero attached hydrogens (tertiary/aromatic N) is 2. The zero-order valence-corrected chi connectivity index (χ0v) is 13.5. The first-order valence-electron chi connectivity index (χ1n) is 8.08. The maximum Gasteiger partial charge on any atom is 0.221 e. The number of hydrogen-bond donors (Lipinski definition) is 1. The van der Waals surface area contributed by atoms with Gasteiger partial charge in [0.2, 0.25) is 5.91 Å². The van der Waals surface area contributed by atoms with Crippen molar-refractivity contribution in [2.75, 3.05) is 39.3 Å². The Morgan fingerprint density at radius 3 is 2.36 bits per heavy atom. The number of carbonyl (C=O) groups is 1. The molecule has 122 valence electrons. The van der Waals surface area contributed by atoms with E-state index in [1.807, 2.05) is 6.92 Å². The van der Waals surface area contributed by atoms with Gasteiger partial charge >= 0.3 is 0 Å². The Hall–Kier alpha value is -1.46. The number of rotatable bonds is 6. The molecule has 0 saturated carbocycles. The van der Waals surface area contributed by atoms with E-state index in [1.165, 1.54) is 12.1 Å². The standard InChI is InChI=1S/C17H26FN3O/c1-3-20-10-12-21(13-11-20)9-8-17(22)19-14(2)15-4-6-16(18)7-5-15/h4-7,14H,3,8-13H2,1-2H3,(H,19,22)/t14-/m0/s1. The normalized spacial score (nSPS) is 18.1. The van der Waals surface area contributed by atoms with Crippen LogP contribution in [0.5, 0.6) is 0 Å². The second kappa shape index (κ2) is 8.25. The quantitative estimate of drug-likeness (QED) is 0.873. The summed E-state index contributed by atoms with van der Waals surface area (Å²) in [5.74, 6) is -0.205. The highest BCUT2D eigenvalue weighted by molar-refractivity contribution is 5.76. The van der Waals surface area contributed by atoms with Gasteiger partial charge in [-0.3, -0.25) is 4.79 Å². The molecule has 1 saturated heterocycles. The molecule has 1 aliphatic heterocycles. The third-order valence-electron chi connectivity index (χ3n) is 4.31. The van der Waals surface area contributed by atoms with Gasteiger partial charge in [0.1, 0.15) is 5.82 Å². The lowest BCUT2D eigenvalue weighted by Gasteiger charge is -2.33. The Morgan fingerprint density at radius 2 is 1.77 bits per heavy atom. The summed E-state index contributed by atoms with van der Waals surface area (Å²) in [5, 5.41) is 2.98. The van der Waals surface area contributed by atoms with Crippen LogP contribution in [-0.4, -0.2) is 55.0 Å². The van der Waals surface area contributed by atoms with Crippen LogP contribution in [0.3, 0.4) is 0 Å². The molecule has 0 radical (unpaired) electrons. The number of carbonyl (C=O) groups excluding carboxylic acids is 1. The minimum absolute atomic E-state index is 0.0507. The first-order valence-corrected chi connectivity index (χ1v) is 8.08. The molecule has 1 atom stereocenters. The number of benzene rings is 1. The molecule has 0 aromatic heterocycles. The van der Waals surface area contributed by atoms with Crippen molar-refractivity contribution in [3.05, 3.63) is 35.6 Å². The predicted molar refractivity (Wildman–Crippen MR) is 86.1 cm³/mol. The van der Waals surface area contributed by atoms with Gasteiger partial charge in [0.15, 0.2) is 0 Å². The number of piperazine rings is 1. The monoisotopic (exact) mass is 307 g/mol. The lowest BCUT2D eigenvalue weighted by molar-refractivity contribution is -0.122. The molecule has 2 rings (SSSR count). The van der Waals surface area contributed by atoms with Gasteiger partial charge in [-0.25, -0.2) is 4.39 Å². The number of halogens is 1. The van der Waals surface area contributed by atoms with Gasteiger partial charge in [0.05, 0.1) is 6.04 Å². The van der Waals surface area contributed by atoms with Gasteiger partial charge in [0.25, 0.3) is 0 Å². The van der Waals surface area contributed by atoms with Crippen molar-refractivity contribution < 1.29 is 9.18 Å². The Balaban J connectivity index is 1.70. The van der Waals surface area contributed by atoms with E-state index in [4.69, 9.17) is 0 Å². The average molecular weight is 307 g/mol. The van der Waals surface area contributed by atoms with Crippen molar-refractivity contribution in [1.82, 2.24) is 15.1 Å². The number of likely N-dealkylation sites (N-methyl/N-ethyl adjacent to an activating group) is 1. The number of hydrogen-bond acceptors (Lipinski definition) is 3. The van der Waals surface area contributed by atoms with Crippen molar-refractivity contribution in [2.24, 2.45) is 0 Å². The van der Waals surface area contributed by atoms with Crippen molar-refractivity contribution >= 4 is 5.91 Å². The molecule has 1 amide bonds. The summed E-state index contributed by atoms with van der Waals surface area (Å²) in [6.07, 6.45) is 0.512. The van der Waals surface area contributed by atoms with Crippen LogP contribution in [-0.2, 0) is 4.79 Å². The van der Waals surface area contributed by atoms with E-state index in [-0.39, 0.29) is 17.8 Å². The summed E-state index contributed by atoms with van der Waals surface area (Å²) in [7, 11) is 0. The zero-order valence-electron chi connectivity index (χ0n) is 13.5. The summed E-state index contributed by atoms with van der Waals surface area (Å²) in [4.78, 5) is 16.8. The first kappa shape index (κ1) is 16.9. The largest absolute Gasteiger partial charge is 0.350 e. The summed E-state index contributed by atoms with van der Waals surface area (Å²) in [6, 6.07) is 6.18. The lowest BCUT2D eigenvalue weighted by Crippen LogP contribution is -2.47. The highest BCUT2D eigenvalue weighted by atomic mass is 19.1. The van der Waals surface area contributed by atoms with Crippen molar-refractivity contribution in [3.8, 4) is 0 Å². The van der Waals surface area contributed by atoms with Crippen LogP contribution in [0.15, 0.2) is 24.3 Å². The maximum absolute atomic E-state index is 12.9. The van der Waals surface area contributed by atoms with Gasteiger partial charge in [-0.05, 0) is 31.2 Å². The molecule has 0 aliphatic carbocycles. The lowest BCUT2D eigenvalue weighted by atomic mass is 10.1. The van der Waals surface area contributed by atoms with E-state index in [2.05, 4.69) is 22.0 Å². The van der Waals surface area contributed by atoms with E-state index in [0.717, 1.165) is 44.8 Å². The van der Waals surface area contributed by atoms with Gasteiger partial charge < -0.3 is 15.1 Å². The van der Waals surface area contributed by atoms with Gasteiger partial charge in [-0.1, -0.05) is 19.1 Å². The van der Waals surface area contributed by atoms with Crippen molar-refractivity contribution in [1.29, 1.82) is 0 Å². The third-order valence-corrected chi connectivity index (χ3v) is 4.31. The molecule has 0 unspecified atom stereocenters. The third kappa shape index (κ3) is 5.07. The molecule has 1 aromatic carbocycles. The average Bonchev–Trinajstić information content (AvgIpc) is 2.54. The molecular formula is C17H26FN3O. The maximum atomic E-state index is 12.9. The van der Waals surface area contributed by atoms with Crippen LogP contribution in [0.4, 0.5) is 4.39 Å². The van der Waals surface area contributed by atoms with E-state index in [0.29, 0.717) is 6.42 Å². The Morgan fingerprint density at radius 1 is 1.18 bits per heavy atom. The molecule has 4 nitrogen and oxygen atoms in total. The molecular weight excluding hydrogens is 281 g/mol. The molecule has 1 aromatic rings. The van der Waals surface area contributed by atoms with E-state index >= 15 is 0 Å². The van der Waals surface area contributed by atoms with Gasteiger partial charge in [-0.15, -0.1) is 0 Å². The second-order valence-corrected chi connectivity index (χ2v) is 5.87. The SMILES string of the molecule is CCN1CCN(CCC(=O)N[C@@H](C)c2ccc(F)cc2)CC1. The molecule has 0 spiro atoms. The Labute approximate surface area is 132 Å². The molecule has 5 heteroatoms. The summed E-state index contributed by atoms with van der Waals surface area (Å²) in [5.41, 5.74) is 0.923. The first-order chi connectivity index (χ1) is 10.6. The Bertz CT molecular complexity index is 469. The van der Waals surface area contributed by atoms with Gasteiger partial charge in [0, 0.05) is 39.1 Å². The van der Waals surface area contributed by atoms with Crippen LogP contribution in [0.25, 0.3) is 0 Å². The fourth-order valence-electron chi connectivity index (χ4n) is 2.74. The molecule has 22 heavy (non-hydrogen) atoms. The van der Waals surface area contributed by atoms with Crippen molar-refractivity contribution in [3.63, 3.8) is 0 Å². The van der Waals surface area contributed by atoms with Gasteiger partial charge in [-0.2, -0.15) is 0 Å². The fourth-order valence-corrected chi connectivity index (χ4v) is 2.74. The summed E-state index contributed by atoms with van der Waals surface area (Å²) >= 11 is 0. The summed E-state index contributed by atoms with van der Waals surface area (Å²) in [6.45, 7) is 10.3. The Kier molecular flexibility index (Phi) is 6.34. The van der Waals surface area contributed by atoms with Crippen LogP contribution < -0.4 is 5.32 Å². The van der Waals surface area contributed by atoms with Crippen molar-refractivity contribution in [2.45, 2.75) is 26.3 Å². The number of amides is 1. The fraction of sp³-hybridized carbons (Fsp3) is 0.588. The number of nitrogens with one attached hydrogen (secondary N) is 1. The van der Waals surface area contributed by atoms with Crippen LogP contribution in [0.2, 0.25) is 0 Å². The zero-order chi connectivity index (χ0) is 15.9. The predicted octanol–water partition coefficient (Wildman–Crippen LogP) is 2.03. The highest BCUT2D eigenvalue weighted by Gasteiger charge is 2.16. The van der Waals surface area contributed by atoms with E-state index in [1.54, 1.807) is 12.1 Å². The molecule has 1 aliphatic rings. The summed E-state index contributed by atoms with van der Waals surface area (Å²) < 4.78 is 12.9. The van der Waals surface area contributed by atoms with Crippen LogP contribution in [0, 0.1) is 5.82 Å². The molecule has 1 fully saturated rings. The topological polar surface area (TPSA) is 35.6 Å². The highest BCUT2D eigenvalue weighted by Crippen LogP contribution is 2.13. The molecule has 0 bridgehead atoms. The smallest absolute Gasteiger partial charge is 0.221 e. The van der Waals surface area contributed by atoms with Crippen LogP contribution >= 0.6 is 0 Å². The van der Waals surface area contributed by atoms with E-state index < -0.39 is 0 Å². The molecule has 1 N–H and O–H groups in total. The minimum atomic E-state index is -0.256. The molecule has 1 heterocycles. The minimum Gasteiger partial charge on any atom is -0.350 e.